The summed E-state index contributed by atoms with van der Waals surface area (Å²) in [6.45, 7) is 3.74. The fraction of sp³-hybridized carbons (Fsp3) is 0.370. The summed E-state index contributed by atoms with van der Waals surface area (Å²) >= 11 is 0. The molecule has 0 unspecified atom stereocenters. The standard InChI is InChI=1S/C27H34N8O7S/c1-16-18(6-7-20-24(16)26(28)32-27(29)31-20)15-33(19-12-21(40-3)25(42-5)22(13-19)41-4)8-10-43(38,39)11-9-34-17(2)30-14-23(34)35(36)37/h6-7,12-14H,8-11,15H2,1-5H3,(H4,28,29,31,32). The van der Waals surface area contributed by atoms with E-state index in [0.717, 1.165) is 17.3 Å². The van der Waals surface area contributed by atoms with Crippen LogP contribution in [0.2, 0.25) is 0 Å². The van der Waals surface area contributed by atoms with Gasteiger partial charge in [-0.3, -0.25) is 0 Å². The van der Waals surface area contributed by atoms with Crippen LogP contribution in [-0.2, 0) is 22.9 Å². The summed E-state index contributed by atoms with van der Waals surface area (Å²) < 4.78 is 44.3. The zero-order valence-corrected chi connectivity index (χ0v) is 25.3. The van der Waals surface area contributed by atoms with Crippen LogP contribution in [0, 0.1) is 24.0 Å². The normalized spacial score (nSPS) is 11.5. The third-order valence-corrected chi connectivity index (χ3v) is 8.79. The minimum atomic E-state index is -3.67. The number of rotatable bonds is 13. The predicted octanol–water partition coefficient (Wildman–Crippen LogP) is 2.66. The number of aryl methyl sites for hydroxylation is 2. The highest BCUT2D eigenvalue weighted by Crippen LogP contribution is 2.41. The Morgan fingerprint density at radius 1 is 1.02 bits per heavy atom. The monoisotopic (exact) mass is 614 g/mol. The third-order valence-electron chi connectivity index (χ3n) is 7.18. The lowest BCUT2D eigenvalue weighted by atomic mass is 10.0. The maximum atomic E-state index is 13.2. The van der Waals surface area contributed by atoms with Crippen LogP contribution in [0.15, 0.2) is 30.5 Å². The summed E-state index contributed by atoms with van der Waals surface area (Å²) in [5.74, 6) is 1.05. The molecular weight excluding hydrogens is 580 g/mol. The van der Waals surface area contributed by atoms with Crippen LogP contribution in [0.4, 0.5) is 23.3 Å². The van der Waals surface area contributed by atoms with E-state index in [2.05, 4.69) is 15.0 Å². The van der Waals surface area contributed by atoms with E-state index in [9.17, 15) is 18.5 Å². The Morgan fingerprint density at radius 2 is 1.70 bits per heavy atom. The van der Waals surface area contributed by atoms with Crippen molar-refractivity contribution in [3.63, 3.8) is 0 Å². The molecule has 0 fully saturated rings. The fourth-order valence-corrected chi connectivity index (χ4v) is 6.03. The van der Waals surface area contributed by atoms with Gasteiger partial charge >= 0.3 is 5.82 Å². The van der Waals surface area contributed by atoms with Crippen molar-refractivity contribution in [2.24, 2.45) is 0 Å². The Morgan fingerprint density at radius 3 is 2.30 bits per heavy atom. The largest absolute Gasteiger partial charge is 0.493 e. The molecule has 16 heteroatoms. The van der Waals surface area contributed by atoms with Crippen molar-refractivity contribution in [1.29, 1.82) is 0 Å². The van der Waals surface area contributed by atoms with E-state index in [-0.39, 0.29) is 48.7 Å². The van der Waals surface area contributed by atoms with Crippen molar-refractivity contribution < 1.29 is 27.6 Å². The summed E-state index contributed by atoms with van der Waals surface area (Å²) in [7, 11) is 0.818. The zero-order chi connectivity index (χ0) is 31.5. The van der Waals surface area contributed by atoms with Crippen molar-refractivity contribution in [2.45, 2.75) is 26.9 Å². The topological polar surface area (TPSA) is 204 Å². The zero-order valence-electron chi connectivity index (χ0n) is 24.5. The second-order valence-electron chi connectivity index (χ2n) is 9.74. The average molecular weight is 615 g/mol. The molecule has 2 heterocycles. The van der Waals surface area contributed by atoms with E-state index in [1.165, 1.54) is 25.9 Å². The number of nitrogens with zero attached hydrogens (tertiary/aromatic N) is 6. The molecule has 0 saturated heterocycles. The van der Waals surface area contributed by atoms with E-state index in [1.807, 2.05) is 17.9 Å². The Balaban J connectivity index is 1.68. The highest BCUT2D eigenvalue weighted by atomic mass is 32.2. The molecule has 2 aromatic heterocycles. The fourth-order valence-electron chi connectivity index (χ4n) is 4.87. The van der Waals surface area contributed by atoms with Crippen LogP contribution >= 0.6 is 0 Å². The first kappa shape index (κ1) is 31.1. The summed E-state index contributed by atoms with van der Waals surface area (Å²) in [5.41, 5.74) is 14.8. The first-order chi connectivity index (χ1) is 20.4. The van der Waals surface area contributed by atoms with Gasteiger partial charge in [-0.05, 0) is 29.0 Å². The number of nitrogens with two attached hydrogens (primary N) is 2. The van der Waals surface area contributed by atoms with Crippen LogP contribution in [0.5, 0.6) is 17.2 Å². The quantitative estimate of drug-likeness (QED) is 0.164. The van der Waals surface area contributed by atoms with Gasteiger partial charge in [-0.2, -0.15) is 4.98 Å². The van der Waals surface area contributed by atoms with Gasteiger partial charge in [0.05, 0.1) is 38.4 Å². The smallest absolute Gasteiger partial charge is 0.342 e. The highest BCUT2D eigenvalue weighted by molar-refractivity contribution is 7.91. The molecule has 0 bridgehead atoms. The van der Waals surface area contributed by atoms with E-state index >= 15 is 0 Å². The molecule has 2 aromatic carbocycles. The number of hydrogen-bond donors (Lipinski definition) is 2. The maximum absolute atomic E-state index is 13.2. The number of imidazole rings is 1. The van der Waals surface area contributed by atoms with Gasteiger partial charge in [-0.1, -0.05) is 6.07 Å². The van der Waals surface area contributed by atoms with Crippen LogP contribution in [0.3, 0.4) is 0 Å². The molecule has 0 saturated carbocycles. The summed E-state index contributed by atoms with van der Waals surface area (Å²) in [6, 6.07) is 7.14. The molecule has 15 nitrogen and oxygen atoms in total. The Bertz CT molecular complexity index is 1750. The number of aromatic nitrogens is 4. The Kier molecular flexibility index (Phi) is 9.08. The predicted molar refractivity (Wildman–Crippen MR) is 163 cm³/mol. The van der Waals surface area contributed by atoms with Gasteiger partial charge in [-0.15, -0.1) is 0 Å². The molecule has 230 valence electrons. The maximum Gasteiger partial charge on any atom is 0.342 e. The molecule has 0 atom stereocenters. The Hall–Kier alpha value is -4.86. The van der Waals surface area contributed by atoms with Crippen molar-refractivity contribution in [3.8, 4) is 17.2 Å². The lowest BCUT2D eigenvalue weighted by molar-refractivity contribution is -0.392. The average Bonchev–Trinajstić information content (AvgIpc) is 3.34. The van der Waals surface area contributed by atoms with Gasteiger partial charge in [0.25, 0.3) is 0 Å². The number of benzene rings is 2. The second-order valence-corrected chi connectivity index (χ2v) is 12.0. The van der Waals surface area contributed by atoms with Gasteiger partial charge < -0.3 is 40.7 Å². The van der Waals surface area contributed by atoms with E-state index in [0.29, 0.717) is 39.7 Å². The summed E-state index contributed by atoms with van der Waals surface area (Å²) in [5, 5.41) is 12.0. The van der Waals surface area contributed by atoms with Gasteiger partial charge in [-0.25, -0.2) is 23.0 Å². The number of fused-ring (bicyclic) bond motifs is 1. The number of nitro groups is 1. The molecule has 0 amide bonds. The molecule has 0 radical (unpaired) electrons. The molecular formula is C27H34N8O7S. The number of anilines is 3. The van der Waals surface area contributed by atoms with Crippen LogP contribution < -0.4 is 30.6 Å². The SMILES string of the molecule is COc1cc(N(CCS(=O)(=O)CCn2c([N+](=O)[O-])cnc2C)Cc2ccc3nc(N)nc(N)c3c2C)cc(OC)c1OC. The summed E-state index contributed by atoms with van der Waals surface area (Å²) in [6.07, 6.45) is 1.12. The molecule has 0 aliphatic carbocycles. The molecule has 4 aromatic rings. The summed E-state index contributed by atoms with van der Waals surface area (Å²) in [4.78, 5) is 24.9. The molecule has 0 aliphatic heterocycles. The first-order valence-corrected chi connectivity index (χ1v) is 14.9. The minimum Gasteiger partial charge on any atom is -0.493 e. The van der Waals surface area contributed by atoms with E-state index < -0.39 is 14.8 Å². The van der Waals surface area contributed by atoms with E-state index in [4.69, 9.17) is 25.7 Å². The molecule has 43 heavy (non-hydrogen) atoms. The number of methoxy groups -OCH3 is 3. The lowest BCUT2D eigenvalue weighted by Gasteiger charge is -2.27. The molecule has 0 aliphatic rings. The highest BCUT2D eigenvalue weighted by Gasteiger charge is 2.24. The third kappa shape index (κ3) is 6.63. The lowest BCUT2D eigenvalue weighted by Crippen LogP contribution is -2.31. The van der Waals surface area contributed by atoms with E-state index in [1.54, 1.807) is 25.1 Å². The number of hydrogen-bond acceptors (Lipinski definition) is 13. The van der Waals surface area contributed by atoms with Crippen molar-refractivity contribution in [3.05, 3.63) is 57.5 Å². The molecule has 4 N–H and O–H groups in total. The minimum absolute atomic E-state index is 0.0672. The number of sulfone groups is 1. The van der Waals surface area contributed by atoms with Crippen LogP contribution in [0.1, 0.15) is 17.0 Å². The van der Waals surface area contributed by atoms with Crippen LogP contribution in [-0.4, -0.2) is 72.2 Å². The number of ether oxygens (including phenoxy) is 3. The number of nitrogen functional groups attached to an aromatic ring is 2. The first-order valence-electron chi connectivity index (χ1n) is 13.1. The molecule has 4 rings (SSSR count). The Labute approximate surface area is 248 Å². The van der Waals surface area contributed by atoms with Crippen LogP contribution in [0.25, 0.3) is 10.9 Å². The van der Waals surface area contributed by atoms with Gasteiger partial charge in [0.1, 0.15) is 18.6 Å². The molecule has 0 spiro atoms. The van der Waals surface area contributed by atoms with Crippen molar-refractivity contribution >= 4 is 44.0 Å². The van der Waals surface area contributed by atoms with Crippen molar-refractivity contribution in [2.75, 3.05) is 55.7 Å². The van der Waals surface area contributed by atoms with Gasteiger partial charge in [0.15, 0.2) is 27.2 Å². The van der Waals surface area contributed by atoms with Gasteiger partial charge in [0.2, 0.25) is 11.7 Å². The van der Waals surface area contributed by atoms with Crippen molar-refractivity contribution in [1.82, 2.24) is 19.5 Å². The van der Waals surface area contributed by atoms with Gasteiger partial charge in [0, 0.05) is 43.2 Å². The second kappa shape index (κ2) is 12.6.